The summed E-state index contributed by atoms with van der Waals surface area (Å²) in [6.45, 7) is 2.13. The molecule has 0 aliphatic heterocycles. The van der Waals surface area contributed by atoms with Gasteiger partial charge in [0.2, 0.25) is 0 Å². The van der Waals surface area contributed by atoms with E-state index in [9.17, 15) is 0 Å². The summed E-state index contributed by atoms with van der Waals surface area (Å²) in [5.74, 6) is 1.91. The first kappa shape index (κ1) is 20.9. The third kappa shape index (κ3) is 5.63. The van der Waals surface area contributed by atoms with Crippen LogP contribution in [-0.2, 0) is 19.6 Å². The molecule has 0 amide bonds. The van der Waals surface area contributed by atoms with Crippen LogP contribution in [0, 0.1) is 0 Å². The van der Waals surface area contributed by atoms with E-state index in [0.29, 0.717) is 6.61 Å². The molecule has 154 valence electrons. The summed E-state index contributed by atoms with van der Waals surface area (Å²) in [5.41, 5.74) is 4.29. The summed E-state index contributed by atoms with van der Waals surface area (Å²) < 4.78 is 7.10. The van der Waals surface area contributed by atoms with Crippen LogP contribution < -0.4 is 10.1 Å². The number of ether oxygens (including phenoxy) is 1. The number of hydrogen-bond donors (Lipinski definition) is 2. The first-order chi connectivity index (χ1) is 14.7. The Bertz CT molecular complexity index is 1100. The zero-order valence-electron chi connectivity index (χ0n) is 16.5. The van der Waals surface area contributed by atoms with Gasteiger partial charge in [-0.3, -0.25) is 0 Å². The number of halogens is 2. The number of H-pyrrole nitrogens is 1. The Labute approximate surface area is 189 Å². The van der Waals surface area contributed by atoms with E-state index in [1.54, 1.807) is 0 Å². The number of fused-ring (bicyclic) bond motifs is 1. The normalized spacial score (nSPS) is 11.1. The molecule has 2 N–H and O–H groups in total. The number of aryl methyl sites for hydroxylation is 1. The highest BCUT2D eigenvalue weighted by Gasteiger charge is 2.06. The molecule has 0 saturated heterocycles. The average Bonchev–Trinajstić information content (AvgIpc) is 3.16. The van der Waals surface area contributed by atoms with Gasteiger partial charge in [0.1, 0.15) is 18.2 Å². The second-order valence-corrected chi connectivity index (χ2v) is 8.50. The molecule has 6 heteroatoms. The van der Waals surface area contributed by atoms with Crippen molar-refractivity contribution in [2.24, 2.45) is 0 Å². The SMILES string of the molecule is Clc1cccc(COc2ccc(Br)cc2CNCCCc2nc3ccccc3[nH]2)c1. The van der Waals surface area contributed by atoms with E-state index in [-0.39, 0.29) is 0 Å². The van der Waals surface area contributed by atoms with Crippen molar-refractivity contribution in [1.82, 2.24) is 15.3 Å². The van der Waals surface area contributed by atoms with E-state index in [1.807, 2.05) is 54.6 Å². The third-order valence-corrected chi connectivity index (χ3v) is 5.56. The van der Waals surface area contributed by atoms with E-state index in [4.69, 9.17) is 16.3 Å². The molecule has 0 atom stereocenters. The van der Waals surface area contributed by atoms with Gasteiger partial charge < -0.3 is 15.0 Å². The van der Waals surface area contributed by atoms with Gasteiger partial charge in [-0.2, -0.15) is 0 Å². The molecule has 4 rings (SSSR count). The van der Waals surface area contributed by atoms with Crippen LogP contribution in [0.2, 0.25) is 5.02 Å². The van der Waals surface area contributed by atoms with Gasteiger partial charge in [-0.1, -0.05) is 51.8 Å². The van der Waals surface area contributed by atoms with E-state index in [2.05, 4.69) is 43.3 Å². The summed E-state index contributed by atoms with van der Waals surface area (Å²) in [7, 11) is 0. The molecule has 0 aliphatic carbocycles. The van der Waals surface area contributed by atoms with Crippen molar-refractivity contribution >= 4 is 38.6 Å². The van der Waals surface area contributed by atoms with Gasteiger partial charge in [-0.25, -0.2) is 4.98 Å². The topological polar surface area (TPSA) is 49.9 Å². The molecule has 1 heterocycles. The van der Waals surface area contributed by atoms with Crippen LogP contribution in [0.25, 0.3) is 11.0 Å². The smallest absolute Gasteiger partial charge is 0.124 e. The largest absolute Gasteiger partial charge is 0.489 e. The number of aromatic nitrogens is 2. The lowest BCUT2D eigenvalue weighted by Crippen LogP contribution is -2.16. The monoisotopic (exact) mass is 483 g/mol. The highest BCUT2D eigenvalue weighted by Crippen LogP contribution is 2.24. The fourth-order valence-electron chi connectivity index (χ4n) is 3.34. The van der Waals surface area contributed by atoms with Crippen LogP contribution >= 0.6 is 27.5 Å². The quantitative estimate of drug-likeness (QED) is 0.275. The Balaban J connectivity index is 1.28. The molecule has 0 saturated carbocycles. The molecule has 0 spiro atoms. The third-order valence-electron chi connectivity index (χ3n) is 4.83. The molecule has 30 heavy (non-hydrogen) atoms. The van der Waals surface area contributed by atoms with Gasteiger partial charge in [-0.05, 0) is 61.0 Å². The van der Waals surface area contributed by atoms with Crippen molar-refractivity contribution in [3.8, 4) is 5.75 Å². The maximum absolute atomic E-state index is 6.07. The van der Waals surface area contributed by atoms with Gasteiger partial charge in [-0.15, -0.1) is 0 Å². The van der Waals surface area contributed by atoms with Crippen molar-refractivity contribution in [3.63, 3.8) is 0 Å². The molecule has 0 unspecified atom stereocenters. The summed E-state index contributed by atoms with van der Waals surface area (Å²) in [6, 6.07) is 22.0. The molecular weight excluding hydrogens is 462 g/mol. The van der Waals surface area contributed by atoms with E-state index < -0.39 is 0 Å². The van der Waals surface area contributed by atoms with Crippen molar-refractivity contribution in [2.45, 2.75) is 26.0 Å². The number of rotatable bonds is 9. The molecule has 3 aromatic carbocycles. The highest BCUT2D eigenvalue weighted by molar-refractivity contribution is 9.10. The zero-order chi connectivity index (χ0) is 20.8. The van der Waals surface area contributed by atoms with Crippen LogP contribution in [0.15, 0.2) is 71.2 Å². The predicted octanol–water partition coefficient (Wildman–Crippen LogP) is 6.28. The summed E-state index contributed by atoms with van der Waals surface area (Å²) in [5, 5.41) is 4.24. The van der Waals surface area contributed by atoms with Crippen LogP contribution in [0.5, 0.6) is 5.75 Å². The molecular formula is C24H23BrClN3O. The number of aromatic amines is 1. The number of imidazole rings is 1. The van der Waals surface area contributed by atoms with Gasteiger partial charge >= 0.3 is 0 Å². The maximum Gasteiger partial charge on any atom is 0.124 e. The Morgan fingerprint density at radius 1 is 1.03 bits per heavy atom. The fourth-order valence-corrected chi connectivity index (χ4v) is 3.96. The Hall–Kier alpha value is -2.34. The van der Waals surface area contributed by atoms with Crippen LogP contribution in [0.3, 0.4) is 0 Å². The lowest BCUT2D eigenvalue weighted by molar-refractivity contribution is 0.302. The van der Waals surface area contributed by atoms with Gasteiger partial charge in [0.25, 0.3) is 0 Å². The van der Waals surface area contributed by atoms with Gasteiger partial charge in [0.15, 0.2) is 0 Å². The predicted molar refractivity (Wildman–Crippen MR) is 126 cm³/mol. The number of nitrogens with one attached hydrogen (secondary N) is 2. The van der Waals surface area contributed by atoms with Gasteiger partial charge in [0.05, 0.1) is 11.0 Å². The molecule has 1 aromatic heterocycles. The Kier molecular flexibility index (Phi) is 7.05. The highest BCUT2D eigenvalue weighted by atomic mass is 79.9. The van der Waals surface area contributed by atoms with Crippen molar-refractivity contribution in [2.75, 3.05) is 6.54 Å². The lowest BCUT2D eigenvalue weighted by atomic mass is 10.2. The minimum absolute atomic E-state index is 0.487. The average molecular weight is 485 g/mol. The Morgan fingerprint density at radius 2 is 1.93 bits per heavy atom. The first-order valence-electron chi connectivity index (χ1n) is 9.97. The lowest BCUT2D eigenvalue weighted by Gasteiger charge is -2.13. The number of hydrogen-bond acceptors (Lipinski definition) is 3. The minimum atomic E-state index is 0.487. The fraction of sp³-hybridized carbons (Fsp3) is 0.208. The number of nitrogens with zero attached hydrogens (tertiary/aromatic N) is 1. The van der Waals surface area contributed by atoms with Crippen LogP contribution in [0.4, 0.5) is 0 Å². The first-order valence-corrected chi connectivity index (χ1v) is 11.1. The van der Waals surface area contributed by atoms with Crippen LogP contribution in [-0.4, -0.2) is 16.5 Å². The molecule has 4 nitrogen and oxygen atoms in total. The molecule has 0 fully saturated rings. The summed E-state index contributed by atoms with van der Waals surface area (Å²) >= 11 is 9.62. The summed E-state index contributed by atoms with van der Waals surface area (Å²) in [6.07, 6.45) is 1.92. The van der Waals surface area contributed by atoms with E-state index in [1.165, 1.54) is 0 Å². The van der Waals surface area contributed by atoms with Crippen LogP contribution in [0.1, 0.15) is 23.4 Å². The number of benzene rings is 3. The molecule has 0 radical (unpaired) electrons. The van der Waals surface area contributed by atoms with Crippen molar-refractivity contribution in [1.29, 1.82) is 0 Å². The second-order valence-electron chi connectivity index (χ2n) is 7.15. The van der Waals surface area contributed by atoms with E-state index >= 15 is 0 Å². The molecule has 0 aliphatic rings. The van der Waals surface area contributed by atoms with Crippen molar-refractivity contribution in [3.05, 3.63) is 93.2 Å². The summed E-state index contributed by atoms with van der Waals surface area (Å²) in [4.78, 5) is 8.02. The van der Waals surface area contributed by atoms with Gasteiger partial charge in [0, 0.05) is 28.0 Å². The number of para-hydroxylation sites is 2. The maximum atomic E-state index is 6.07. The molecule has 0 bridgehead atoms. The van der Waals surface area contributed by atoms with E-state index in [0.717, 1.165) is 69.2 Å². The second kappa shape index (κ2) is 10.1. The zero-order valence-corrected chi connectivity index (χ0v) is 18.8. The van der Waals surface area contributed by atoms with Crippen molar-refractivity contribution < 1.29 is 4.74 Å². The Morgan fingerprint density at radius 3 is 2.80 bits per heavy atom. The molecule has 4 aromatic rings. The minimum Gasteiger partial charge on any atom is -0.489 e. The standard InChI is InChI=1S/C24H23BrClN3O/c25-19-10-11-23(30-16-17-5-3-6-20(26)13-17)18(14-19)15-27-12-4-9-24-28-21-7-1-2-8-22(21)29-24/h1-3,5-8,10-11,13-14,27H,4,9,12,15-16H2,(H,28,29).